The van der Waals surface area contributed by atoms with Crippen molar-refractivity contribution in [2.75, 3.05) is 13.1 Å². The van der Waals surface area contributed by atoms with E-state index in [9.17, 15) is 4.79 Å². The monoisotopic (exact) mass is 400 g/mol. The molecule has 1 aliphatic rings. The van der Waals surface area contributed by atoms with Crippen LogP contribution in [0.15, 0.2) is 48.5 Å². The van der Waals surface area contributed by atoms with Gasteiger partial charge < -0.3 is 19.8 Å². The highest BCUT2D eigenvalue weighted by Gasteiger charge is 2.21. The molecule has 1 fully saturated rings. The molecule has 3 aromatic rings. The number of H-pyrrole nitrogens is 1. The molecule has 5 nitrogen and oxygen atoms in total. The molecular formula is C22H25ClN2O3. The topological polar surface area (TPSA) is 63.4 Å². The smallest absolute Gasteiger partial charge is 0.355 e. The lowest BCUT2D eigenvalue weighted by atomic mass is 10.1. The average Bonchev–Trinajstić information content (AvgIpc) is 3.05. The summed E-state index contributed by atoms with van der Waals surface area (Å²) < 4.78 is 11.8. The Kier molecular flexibility index (Phi) is 6.60. The molecule has 0 unspecified atom stereocenters. The minimum atomic E-state index is -0.347. The lowest BCUT2D eigenvalue weighted by Gasteiger charge is -2.24. The summed E-state index contributed by atoms with van der Waals surface area (Å²) in [5.41, 5.74) is 3.22. The summed E-state index contributed by atoms with van der Waals surface area (Å²) >= 11 is 0. The Bertz CT molecular complexity index is 934. The molecule has 0 atom stereocenters. The SMILES string of the molecule is Cc1c(C(=O)OCc2ccccc2)[nH]c2cccc(OC3CCNCC3)c12.Cl. The van der Waals surface area contributed by atoms with Crippen molar-refractivity contribution in [2.45, 2.75) is 32.5 Å². The van der Waals surface area contributed by atoms with Gasteiger partial charge in [-0.2, -0.15) is 0 Å². The fourth-order valence-corrected chi connectivity index (χ4v) is 3.57. The molecule has 2 heterocycles. The second kappa shape index (κ2) is 9.13. The Morgan fingerprint density at radius 2 is 1.82 bits per heavy atom. The number of benzene rings is 2. The number of rotatable bonds is 5. The van der Waals surface area contributed by atoms with Crippen LogP contribution in [-0.4, -0.2) is 30.1 Å². The second-order valence-corrected chi connectivity index (χ2v) is 6.93. The number of hydrogen-bond acceptors (Lipinski definition) is 4. The van der Waals surface area contributed by atoms with Crippen molar-refractivity contribution >= 4 is 29.3 Å². The zero-order chi connectivity index (χ0) is 18.6. The fourth-order valence-electron chi connectivity index (χ4n) is 3.57. The average molecular weight is 401 g/mol. The normalized spacial score (nSPS) is 14.5. The van der Waals surface area contributed by atoms with Crippen LogP contribution in [0.25, 0.3) is 10.9 Å². The van der Waals surface area contributed by atoms with Gasteiger partial charge in [-0.1, -0.05) is 36.4 Å². The van der Waals surface area contributed by atoms with Gasteiger partial charge in [0.25, 0.3) is 0 Å². The molecule has 1 aliphatic heterocycles. The van der Waals surface area contributed by atoms with Crippen LogP contribution < -0.4 is 10.1 Å². The van der Waals surface area contributed by atoms with E-state index < -0.39 is 0 Å². The van der Waals surface area contributed by atoms with Crippen LogP contribution in [0.1, 0.15) is 34.5 Å². The van der Waals surface area contributed by atoms with Gasteiger partial charge in [0.05, 0.1) is 5.52 Å². The van der Waals surface area contributed by atoms with Crippen LogP contribution in [0.3, 0.4) is 0 Å². The number of carbonyl (C=O) groups excluding carboxylic acids is 1. The number of aromatic nitrogens is 1. The molecule has 1 saturated heterocycles. The predicted molar refractivity (Wildman–Crippen MR) is 112 cm³/mol. The fraction of sp³-hybridized carbons (Fsp3) is 0.318. The molecule has 1 aromatic heterocycles. The molecule has 0 amide bonds. The van der Waals surface area contributed by atoms with E-state index in [1.54, 1.807) is 0 Å². The highest BCUT2D eigenvalue weighted by Crippen LogP contribution is 2.32. The van der Waals surface area contributed by atoms with Gasteiger partial charge in [0.2, 0.25) is 0 Å². The minimum absolute atomic E-state index is 0. The molecule has 2 N–H and O–H groups in total. The quantitative estimate of drug-likeness (QED) is 0.623. The summed E-state index contributed by atoms with van der Waals surface area (Å²) in [5.74, 6) is 0.482. The van der Waals surface area contributed by atoms with Crippen LogP contribution in [0.4, 0.5) is 0 Å². The van der Waals surface area contributed by atoms with Crippen LogP contribution >= 0.6 is 12.4 Å². The highest BCUT2D eigenvalue weighted by molar-refractivity contribution is 6.00. The third-order valence-electron chi connectivity index (χ3n) is 5.03. The number of piperidine rings is 1. The summed E-state index contributed by atoms with van der Waals surface area (Å²) in [6.07, 6.45) is 2.19. The summed E-state index contributed by atoms with van der Waals surface area (Å²) in [6.45, 7) is 4.15. The van der Waals surface area contributed by atoms with E-state index in [0.29, 0.717) is 5.69 Å². The lowest BCUT2D eigenvalue weighted by molar-refractivity contribution is 0.0466. The number of aromatic amines is 1. The molecule has 0 aliphatic carbocycles. The number of carbonyl (C=O) groups is 1. The van der Waals surface area contributed by atoms with Crippen molar-refractivity contribution in [2.24, 2.45) is 0 Å². The van der Waals surface area contributed by atoms with Gasteiger partial charge in [0.15, 0.2) is 0 Å². The van der Waals surface area contributed by atoms with E-state index in [1.807, 2.05) is 55.5 Å². The molecule has 6 heteroatoms. The maximum Gasteiger partial charge on any atom is 0.355 e. The van der Waals surface area contributed by atoms with Gasteiger partial charge in [0.1, 0.15) is 24.2 Å². The Balaban J connectivity index is 0.00000225. The lowest BCUT2D eigenvalue weighted by Crippen LogP contribution is -2.34. The highest BCUT2D eigenvalue weighted by atomic mass is 35.5. The molecule has 148 valence electrons. The molecule has 4 rings (SSSR count). The number of aryl methyl sites for hydroxylation is 1. The van der Waals surface area contributed by atoms with E-state index in [1.165, 1.54) is 0 Å². The predicted octanol–water partition coefficient (Wildman–Crippen LogP) is 4.39. The van der Waals surface area contributed by atoms with E-state index in [-0.39, 0.29) is 31.1 Å². The Morgan fingerprint density at radius 1 is 1.07 bits per heavy atom. The first kappa shape index (κ1) is 20.2. The van der Waals surface area contributed by atoms with E-state index in [4.69, 9.17) is 9.47 Å². The van der Waals surface area contributed by atoms with E-state index in [2.05, 4.69) is 10.3 Å². The number of esters is 1. The number of nitrogens with one attached hydrogen (secondary N) is 2. The second-order valence-electron chi connectivity index (χ2n) is 6.93. The summed E-state index contributed by atoms with van der Waals surface area (Å²) in [7, 11) is 0. The van der Waals surface area contributed by atoms with Crippen LogP contribution in [0.2, 0.25) is 0 Å². The van der Waals surface area contributed by atoms with Gasteiger partial charge in [-0.05, 0) is 56.1 Å². The van der Waals surface area contributed by atoms with Crippen molar-refractivity contribution in [1.82, 2.24) is 10.3 Å². The molecule has 0 radical (unpaired) electrons. The molecular weight excluding hydrogens is 376 g/mol. The molecule has 0 saturated carbocycles. The zero-order valence-corrected chi connectivity index (χ0v) is 16.7. The van der Waals surface area contributed by atoms with Crippen molar-refractivity contribution in [3.05, 3.63) is 65.4 Å². The first-order valence-corrected chi connectivity index (χ1v) is 9.42. The number of hydrogen-bond donors (Lipinski definition) is 2. The third-order valence-corrected chi connectivity index (χ3v) is 5.03. The van der Waals surface area contributed by atoms with Gasteiger partial charge in [-0.15, -0.1) is 12.4 Å². The van der Waals surface area contributed by atoms with Gasteiger partial charge in [-0.3, -0.25) is 0 Å². The summed E-state index contributed by atoms with van der Waals surface area (Å²) in [6, 6.07) is 15.6. The van der Waals surface area contributed by atoms with E-state index in [0.717, 1.165) is 53.7 Å². The van der Waals surface area contributed by atoms with Crippen LogP contribution in [0.5, 0.6) is 5.75 Å². The number of ether oxygens (including phenoxy) is 2. The first-order valence-electron chi connectivity index (χ1n) is 9.42. The largest absolute Gasteiger partial charge is 0.490 e. The van der Waals surface area contributed by atoms with Gasteiger partial charge in [0, 0.05) is 5.39 Å². The van der Waals surface area contributed by atoms with Crippen LogP contribution in [-0.2, 0) is 11.3 Å². The van der Waals surface area contributed by atoms with Crippen molar-refractivity contribution in [3.63, 3.8) is 0 Å². The van der Waals surface area contributed by atoms with Crippen molar-refractivity contribution in [1.29, 1.82) is 0 Å². The first-order chi connectivity index (χ1) is 13.2. The number of halogens is 1. The molecule has 0 bridgehead atoms. The maximum absolute atomic E-state index is 12.6. The third kappa shape index (κ3) is 4.32. The van der Waals surface area contributed by atoms with E-state index >= 15 is 0 Å². The molecule has 28 heavy (non-hydrogen) atoms. The van der Waals surface area contributed by atoms with Crippen molar-refractivity contribution < 1.29 is 14.3 Å². The number of fused-ring (bicyclic) bond motifs is 1. The minimum Gasteiger partial charge on any atom is -0.490 e. The standard InChI is InChI=1S/C22H24N2O3.ClH/c1-15-20-18(8-5-9-19(20)27-17-10-12-23-13-11-17)24-21(15)22(25)26-14-16-6-3-2-4-7-16;/h2-9,17,23-24H,10-14H2,1H3;1H. The van der Waals surface area contributed by atoms with Gasteiger partial charge >= 0.3 is 5.97 Å². The maximum atomic E-state index is 12.6. The van der Waals surface area contributed by atoms with Crippen molar-refractivity contribution in [3.8, 4) is 5.75 Å². The zero-order valence-electron chi connectivity index (χ0n) is 15.9. The Labute approximate surface area is 170 Å². The summed E-state index contributed by atoms with van der Waals surface area (Å²) in [4.78, 5) is 15.8. The Morgan fingerprint density at radius 3 is 2.57 bits per heavy atom. The molecule has 2 aromatic carbocycles. The Hall–Kier alpha value is -2.50. The van der Waals surface area contributed by atoms with Gasteiger partial charge in [-0.25, -0.2) is 4.79 Å². The molecule has 0 spiro atoms. The van der Waals surface area contributed by atoms with Crippen LogP contribution in [0, 0.1) is 6.92 Å². The summed E-state index contributed by atoms with van der Waals surface area (Å²) in [5, 5.41) is 4.31.